The minimum atomic E-state index is -3.64. The van der Waals surface area contributed by atoms with Gasteiger partial charge in [0.15, 0.2) is 0 Å². The summed E-state index contributed by atoms with van der Waals surface area (Å²) in [5.74, 6) is 0.923. The molecule has 30 heavy (non-hydrogen) atoms. The number of nitrogens with one attached hydrogen (secondary N) is 1. The van der Waals surface area contributed by atoms with Crippen molar-refractivity contribution in [2.45, 2.75) is 23.9 Å². The Morgan fingerprint density at radius 1 is 1.30 bits per heavy atom. The standard InChI is InChI=1S/C20H22BrN5O3S/c1-25(8-9-26-14-22-13-23-26)30(27,28)20-7-6-16(11-18(20)21)24-17-10-15-4-2-3-5-19(15)29-12-17/h2-7,11,13-14,17,24H,8-10,12H2,1H3. The number of para-hydroxylation sites is 1. The van der Waals surface area contributed by atoms with Crippen molar-refractivity contribution in [2.75, 3.05) is 25.5 Å². The van der Waals surface area contributed by atoms with Crippen molar-refractivity contribution in [2.24, 2.45) is 0 Å². The average molecular weight is 492 g/mol. The molecule has 0 aliphatic carbocycles. The molecular formula is C20H22BrN5O3S. The van der Waals surface area contributed by atoms with Crippen molar-refractivity contribution < 1.29 is 13.2 Å². The normalized spacial score (nSPS) is 16.2. The number of halogens is 1. The fourth-order valence-electron chi connectivity index (χ4n) is 3.34. The molecule has 158 valence electrons. The van der Waals surface area contributed by atoms with Crippen LogP contribution in [0.25, 0.3) is 0 Å². The van der Waals surface area contributed by atoms with Gasteiger partial charge in [0.25, 0.3) is 0 Å². The molecule has 1 aromatic heterocycles. The molecule has 4 rings (SSSR count). The summed E-state index contributed by atoms with van der Waals surface area (Å²) in [5.41, 5.74) is 1.99. The third kappa shape index (κ3) is 4.50. The van der Waals surface area contributed by atoms with Gasteiger partial charge in [0.05, 0.1) is 17.5 Å². The number of nitrogens with zero attached hydrogens (tertiary/aromatic N) is 4. The molecule has 3 aromatic rings. The number of sulfonamides is 1. The van der Waals surface area contributed by atoms with Crippen molar-refractivity contribution in [1.29, 1.82) is 0 Å². The average Bonchev–Trinajstić information content (AvgIpc) is 3.25. The largest absolute Gasteiger partial charge is 0.491 e. The second kappa shape index (κ2) is 8.75. The quantitative estimate of drug-likeness (QED) is 0.546. The Morgan fingerprint density at radius 3 is 2.90 bits per heavy atom. The Kier molecular flexibility index (Phi) is 6.07. The van der Waals surface area contributed by atoms with E-state index in [-0.39, 0.29) is 17.5 Å². The maximum absolute atomic E-state index is 13.0. The second-order valence-corrected chi connectivity index (χ2v) is 9.96. The van der Waals surface area contributed by atoms with Crippen LogP contribution in [0.15, 0.2) is 64.5 Å². The highest BCUT2D eigenvalue weighted by molar-refractivity contribution is 9.10. The first-order valence-corrected chi connectivity index (χ1v) is 11.7. The first-order valence-electron chi connectivity index (χ1n) is 9.49. The number of likely N-dealkylation sites (N-methyl/N-ethyl adjacent to an activating group) is 1. The number of hydrogen-bond acceptors (Lipinski definition) is 6. The van der Waals surface area contributed by atoms with E-state index in [4.69, 9.17) is 4.74 Å². The first kappa shape index (κ1) is 20.8. The van der Waals surface area contributed by atoms with Crippen molar-refractivity contribution in [3.05, 3.63) is 65.2 Å². The molecule has 10 heteroatoms. The lowest BCUT2D eigenvalue weighted by molar-refractivity contribution is 0.272. The van der Waals surface area contributed by atoms with Crippen LogP contribution >= 0.6 is 15.9 Å². The molecule has 0 saturated heterocycles. The Balaban J connectivity index is 1.43. The minimum Gasteiger partial charge on any atom is -0.491 e. The van der Waals surface area contributed by atoms with Crippen molar-refractivity contribution in [3.63, 3.8) is 0 Å². The van der Waals surface area contributed by atoms with Gasteiger partial charge in [-0.25, -0.2) is 13.4 Å². The number of hydrogen-bond donors (Lipinski definition) is 1. The molecule has 0 saturated carbocycles. The number of aromatic nitrogens is 3. The Hall–Kier alpha value is -2.43. The summed E-state index contributed by atoms with van der Waals surface area (Å²) in [6, 6.07) is 13.3. The van der Waals surface area contributed by atoms with Crippen molar-refractivity contribution >= 4 is 31.6 Å². The number of fused-ring (bicyclic) bond motifs is 1. The van der Waals surface area contributed by atoms with Gasteiger partial charge in [-0.05, 0) is 52.2 Å². The van der Waals surface area contributed by atoms with E-state index >= 15 is 0 Å². The van der Waals surface area contributed by atoms with Crippen LogP contribution in [-0.2, 0) is 23.0 Å². The first-order chi connectivity index (χ1) is 14.4. The van der Waals surface area contributed by atoms with Gasteiger partial charge in [-0.15, -0.1) is 0 Å². The van der Waals surface area contributed by atoms with Crippen LogP contribution in [0, 0.1) is 0 Å². The van der Waals surface area contributed by atoms with E-state index in [1.807, 2.05) is 18.2 Å². The lowest BCUT2D eigenvalue weighted by Crippen LogP contribution is -2.33. The fourth-order valence-corrected chi connectivity index (χ4v) is 5.53. The topological polar surface area (TPSA) is 89.4 Å². The van der Waals surface area contributed by atoms with E-state index in [2.05, 4.69) is 37.4 Å². The molecule has 1 atom stereocenters. The number of anilines is 1. The van der Waals surface area contributed by atoms with Crippen LogP contribution in [-0.4, -0.2) is 53.7 Å². The van der Waals surface area contributed by atoms with Gasteiger partial charge in [0.2, 0.25) is 10.0 Å². The summed E-state index contributed by atoms with van der Waals surface area (Å²) in [4.78, 5) is 4.09. The zero-order valence-corrected chi connectivity index (χ0v) is 18.8. The SMILES string of the molecule is CN(CCn1cncn1)S(=O)(=O)c1ccc(NC2COc3ccccc3C2)cc1Br. The van der Waals surface area contributed by atoms with E-state index in [0.717, 1.165) is 23.4 Å². The molecule has 2 heterocycles. The number of benzene rings is 2. The number of rotatable bonds is 7. The predicted molar refractivity (Wildman–Crippen MR) is 117 cm³/mol. The van der Waals surface area contributed by atoms with Crippen LogP contribution in [0.5, 0.6) is 5.75 Å². The lowest BCUT2D eigenvalue weighted by atomic mass is 10.0. The summed E-state index contributed by atoms with van der Waals surface area (Å²) >= 11 is 3.43. The van der Waals surface area contributed by atoms with Gasteiger partial charge in [-0.3, -0.25) is 4.68 Å². The van der Waals surface area contributed by atoms with E-state index < -0.39 is 10.0 Å². The highest BCUT2D eigenvalue weighted by Gasteiger charge is 2.24. The maximum Gasteiger partial charge on any atom is 0.244 e. The van der Waals surface area contributed by atoms with Gasteiger partial charge in [-0.2, -0.15) is 9.40 Å². The van der Waals surface area contributed by atoms with Gasteiger partial charge in [0, 0.05) is 23.8 Å². The molecule has 1 aliphatic heterocycles. The molecule has 1 unspecified atom stereocenters. The zero-order chi connectivity index (χ0) is 21.1. The molecule has 0 bridgehead atoms. The van der Waals surface area contributed by atoms with Crippen LogP contribution in [0.4, 0.5) is 5.69 Å². The monoisotopic (exact) mass is 491 g/mol. The summed E-state index contributed by atoms with van der Waals surface area (Å²) in [7, 11) is -2.08. The molecule has 8 nitrogen and oxygen atoms in total. The minimum absolute atomic E-state index is 0.111. The summed E-state index contributed by atoms with van der Waals surface area (Å²) in [5, 5.41) is 7.43. The van der Waals surface area contributed by atoms with Crippen molar-refractivity contribution in [1.82, 2.24) is 19.1 Å². The Labute approximate surface area is 184 Å². The third-order valence-corrected chi connectivity index (χ3v) is 7.81. The maximum atomic E-state index is 13.0. The zero-order valence-electron chi connectivity index (χ0n) is 16.4. The van der Waals surface area contributed by atoms with Crippen molar-refractivity contribution in [3.8, 4) is 5.75 Å². The predicted octanol–water partition coefficient (Wildman–Crippen LogP) is 2.78. The number of ether oxygens (including phenoxy) is 1. The van der Waals surface area contributed by atoms with Crippen LogP contribution in [0.3, 0.4) is 0 Å². The Morgan fingerprint density at radius 2 is 2.13 bits per heavy atom. The fraction of sp³-hybridized carbons (Fsp3) is 0.300. The molecule has 1 aliphatic rings. The van der Waals surface area contributed by atoms with Gasteiger partial charge in [0.1, 0.15) is 25.0 Å². The van der Waals surface area contributed by atoms with E-state index in [1.165, 1.54) is 10.6 Å². The summed E-state index contributed by atoms with van der Waals surface area (Å²) < 4.78 is 35.2. The molecule has 0 amide bonds. The molecule has 1 N–H and O–H groups in total. The molecule has 0 spiro atoms. The van der Waals surface area contributed by atoms with E-state index in [1.54, 1.807) is 36.3 Å². The smallest absolute Gasteiger partial charge is 0.244 e. The molecular weight excluding hydrogens is 470 g/mol. The third-order valence-electron chi connectivity index (χ3n) is 4.98. The highest BCUT2D eigenvalue weighted by atomic mass is 79.9. The summed E-state index contributed by atoms with van der Waals surface area (Å²) in [6.07, 6.45) is 3.83. The molecule has 2 aromatic carbocycles. The van der Waals surface area contributed by atoms with Gasteiger partial charge < -0.3 is 10.1 Å². The lowest BCUT2D eigenvalue weighted by Gasteiger charge is -2.27. The van der Waals surface area contributed by atoms with Gasteiger partial charge >= 0.3 is 0 Å². The van der Waals surface area contributed by atoms with Crippen LogP contribution in [0.2, 0.25) is 0 Å². The summed E-state index contributed by atoms with van der Waals surface area (Å²) in [6.45, 7) is 1.27. The molecule has 0 fully saturated rings. The van der Waals surface area contributed by atoms with E-state index in [9.17, 15) is 8.42 Å². The molecule has 0 radical (unpaired) electrons. The Bertz CT molecular complexity index is 1120. The second-order valence-electron chi connectivity index (χ2n) is 7.09. The van der Waals surface area contributed by atoms with E-state index in [0.29, 0.717) is 17.6 Å². The van der Waals surface area contributed by atoms with Gasteiger partial charge in [-0.1, -0.05) is 18.2 Å². The van der Waals surface area contributed by atoms with Crippen LogP contribution in [0.1, 0.15) is 5.56 Å². The van der Waals surface area contributed by atoms with Crippen LogP contribution < -0.4 is 10.1 Å². The highest BCUT2D eigenvalue weighted by Crippen LogP contribution is 2.30.